The van der Waals surface area contributed by atoms with Gasteiger partial charge >= 0.3 is 12.2 Å². The van der Waals surface area contributed by atoms with Crippen LogP contribution in [0.2, 0.25) is 5.02 Å². The first kappa shape index (κ1) is 17.9. The van der Waals surface area contributed by atoms with Gasteiger partial charge in [-0.25, -0.2) is 9.59 Å². The van der Waals surface area contributed by atoms with E-state index in [4.69, 9.17) is 21.1 Å². The summed E-state index contributed by atoms with van der Waals surface area (Å²) in [4.78, 5) is 27.9. The number of benzene rings is 1. The summed E-state index contributed by atoms with van der Waals surface area (Å²) in [5.41, 5.74) is 1.51. The summed E-state index contributed by atoms with van der Waals surface area (Å²) in [6, 6.07) is 5.61. The number of ether oxygens (including phenoxy) is 2. The summed E-state index contributed by atoms with van der Waals surface area (Å²) in [6.45, 7) is 6.93. The molecule has 1 saturated heterocycles. The van der Waals surface area contributed by atoms with Gasteiger partial charge in [0.1, 0.15) is 5.60 Å². The molecular weight excluding hydrogens is 344 g/mol. The number of hydrogen-bond acceptors (Lipinski definition) is 4. The van der Waals surface area contributed by atoms with E-state index < -0.39 is 24.0 Å². The van der Waals surface area contributed by atoms with Gasteiger partial charge in [0.15, 0.2) is 6.23 Å². The molecule has 0 N–H and O–H groups in total. The van der Waals surface area contributed by atoms with Gasteiger partial charge in [-0.1, -0.05) is 17.7 Å². The lowest BCUT2D eigenvalue weighted by molar-refractivity contribution is -0.0285. The first-order valence-corrected chi connectivity index (χ1v) is 8.83. The maximum Gasteiger partial charge on any atom is 0.413 e. The molecule has 1 fully saturated rings. The second kappa shape index (κ2) is 6.75. The molecule has 2 aliphatic heterocycles. The summed E-state index contributed by atoms with van der Waals surface area (Å²) in [6.07, 6.45) is -0.0355. The van der Waals surface area contributed by atoms with Gasteiger partial charge in [0.05, 0.1) is 0 Å². The predicted octanol–water partition coefficient (Wildman–Crippen LogP) is 4.15. The van der Waals surface area contributed by atoms with Crippen LogP contribution in [0.3, 0.4) is 0 Å². The largest absolute Gasteiger partial charge is 0.444 e. The molecule has 0 bridgehead atoms. The lowest BCUT2D eigenvalue weighted by atomic mass is 10.1. The number of rotatable bonds is 1. The van der Waals surface area contributed by atoms with Crippen molar-refractivity contribution in [3.63, 3.8) is 0 Å². The Morgan fingerprint density at radius 3 is 2.60 bits per heavy atom. The summed E-state index contributed by atoms with van der Waals surface area (Å²) in [5.74, 6) is 0. The molecule has 0 saturated carbocycles. The molecule has 1 atom stereocenters. The van der Waals surface area contributed by atoms with Crippen molar-refractivity contribution in [1.82, 2.24) is 9.80 Å². The molecule has 7 heteroatoms. The fraction of sp³-hybridized carbons (Fsp3) is 0.556. The zero-order valence-corrected chi connectivity index (χ0v) is 15.5. The highest BCUT2D eigenvalue weighted by Gasteiger charge is 2.36. The van der Waals surface area contributed by atoms with Gasteiger partial charge in [0, 0.05) is 31.1 Å². The van der Waals surface area contributed by atoms with Crippen molar-refractivity contribution in [2.24, 2.45) is 0 Å². The minimum atomic E-state index is -0.579. The molecule has 2 amide bonds. The fourth-order valence-electron chi connectivity index (χ4n) is 3.07. The van der Waals surface area contributed by atoms with Crippen molar-refractivity contribution in [3.8, 4) is 0 Å². The molecule has 1 unspecified atom stereocenters. The Morgan fingerprint density at radius 1 is 1.16 bits per heavy atom. The quantitative estimate of drug-likeness (QED) is 0.749. The van der Waals surface area contributed by atoms with Crippen LogP contribution in [0.4, 0.5) is 9.59 Å². The molecule has 6 nitrogen and oxygen atoms in total. The van der Waals surface area contributed by atoms with Crippen molar-refractivity contribution in [3.05, 3.63) is 34.3 Å². The monoisotopic (exact) mass is 366 g/mol. The summed E-state index contributed by atoms with van der Waals surface area (Å²) in [5, 5.41) is 0.654. The average molecular weight is 367 g/mol. The zero-order chi connectivity index (χ0) is 18.2. The van der Waals surface area contributed by atoms with Gasteiger partial charge in [0.2, 0.25) is 0 Å². The molecule has 0 aromatic heterocycles. The highest BCUT2D eigenvalue weighted by molar-refractivity contribution is 6.30. The van der Waals surface area contributed by atoms with E-state index in [1.165, 1.54) is 4.90 Å². The van der Waals surface area contributed by atoms with Gasteiger partial charge in [-0.05, 0) is 50.5 Å². The summed E-state index contributed by atoms with van der Waals surface area (Å²) in [7, 11) is 0. The molecule has 0 aliphatic carbocycles. The van der Waals surface area contributed by atoms with Crippen LogP contribution in [-0.2, 0) is 22.6 Å². The van der Waals surface area contributed by atoms with Crippen molar-refractivity contribution in [2.75, 3.05) is 6.54 Å². The second-order valence-corrected chi connectivity index (χ2v) is 7.86. The third-order valence-electron chi connectivity index (χ3n) is 4.21. The third-order valence-corrected chi connectivity index (χ3v) is 4.45. The van der Waals surface area contributed by atoms with Crippen LogP contribution < -0.4 is 0 Å². The van der Waals surface area contributed by atoms with Crippen LogP contribution in [0.1, 0.15) is 44.7 Å². The van der Waals surface area contributed by atoms with E-state index >= 15 is 0 Å². The van der Waals surface area contributed by atoms with E-state index in [2.05, 4.69) is 0 Å². The molecule has 2 aliphatic rings. The van der Waals surface area contributed by atoms with E-state index in [1.54, 1.807) is 4.90 Å². The number of fused-ring (bicyclic) bond motifs is 1. The van der Waals surface area contributed by atoms with Gasteiger partial charge in [-0.15, -0.1) is 0 Å². The van der Waals surface area contributed by atoms with Crippen molar-refractivity contribution in [2.45, 2.75) is 58.5 Å². The fourth-order valence-corrected chi connectivity index (χ4v) is 3.27. The highest BCUT2D eigenvalue weighted by Crippen LogP contribution is 2.28. The average Bonchev–Trinajstić information content (AvgIpc) is 3.11. The zero-order valence-electron chi connectivity index (χ0n) is 14.8. The standard InChI is InChI=1S/C18H23ClN2O4/c1-18(2,3)25-17(23)21-8-4-5-15(21)24-16(22)20-10-12-6-7-14(19)9-13(12)11-20/h6-7,9,15H,4-5,8,10-11H2,1-3H3. The van der Waals surface area contributed by atoms with Crippen LogP contribution in [0.5, 0.6) is 0 Å². The Labute approximate surface area is 152 Å². The number of halogens is 1. The van der Waals surface area contributed by atoms with Crippen molar-refractivity contribution < 1.29 is 19.1 Å². The molecular formula is C18H23ClN2O4. The molecule has 25 heavy (non-hydrogen) atoms. The molecule has 3 rings (SSSR count). The van der Waals surface area contributed by atoms with E-state index in [0.717, 1.165) is 17.5 Å². The van der Waals surface area contributed by atoms with Crippen LogP contribution in [0.15, 0.2) is 18.2 Å². The van der Waals surface area contributed by atoms with Gasteiger partial charge in [-0.3, -0.25) is 9.80 Å². The van der Waals surface area contributed by atoms with E-state index in [0.29, 0.717) is 31.1 Å². The lowest BCUT2D eigenvalue weighted by Crippen LogP contribution is -2.43. The Kier molecular flexibility index (Phi) is 4.82. The lowest BCUT2D eigenvalue weighted by Gasteiger charge is -2.29. The third kappa shape index (κ3) is 4.18. The summed E-state index contributed by atoms with van der Waals surface area (Å²) >= 11 is 6.00. The van der Waals surface area contributed by atoms with Crippen LogP contribution in [0.25, 0.3) is 0 Å². The number of carbonyl (C=O) groups excluding carboxylic acids is 2. The molecule has 1 aromatic carbocycles. The maximum absolute atomic E-state index is 12.5. The van der Waals surface area contributed by atoms with E-state index in [-0.39, 0.29) is 0 Å². The molecule has 0 radical (unpaired) electrons. The van der Waals surface area contributed by atoms with E-state index in [1.807, 2.05) is 39.0 Å². The number of carbonyl (C=O) groups is 2. The Hall–Kier alpha value is -1.95. The van der Waals surface area contributed by atoms with Crippen LogP contribution in [-0.4, -0.2) is 40.4 Å². The summed E-state index contributed by atoms with van der Waals surface area (Å²) < 4.78 is 11.0. The topological polar surface area (TPSA) is 59.1 Å². The predicted molar refractivity (Wildman–Crippen MR) is 93.1 cm³/mol. The molecule has 0 spiro atoms. The minimum Gasteiger partial charge on any atom is -0.444 e. The normalized spacial score (nSPS) is 19.8. The minimum absolute atomic E-state index is 0.423. The smallest absolute Gasteiger partial charge is 0.413 e. The van der Waals surface area contributed by atoms with Crippen LogP contribution >= 0.6 is 11.6 Å². The first-order valence-electron chi connectivity index (χ1n) is 8.45. The number of hydrogen-bond donors (Lipinski definition) is 0. The van der Waals surface area contributed by atoms with Gasteiger partial charge in [-0.2, -0.15) is 0 Å². The Morgan fingerprint density at radius 2 is 1.88 bits per heavy atom. The maximum atomic E-state index is 12.5. The number of likely N-dealkylation sites (tertiary alicyclic amines) is 1. The van der Waals surface area contributed by atoms with Gasteiger partial charge < -0.3 is 9.47 Å². The van der Waals surface area contributed by atoms with Crippen molar-refractivity contribution in [1.29, 1.82) is 0 Å². The van der Waals surface area contributed by atoms with E-state index in [9.17, 15) is 9.59 Å². The highest BCUT2D eigenvalue weighted by atomic mass is 35.5. The SMILES string of the molecule is CC(C)(C)OC(=O)N1CCCC1OC(=O)N1Cc2ccc(Cl)cc2C1. The first-order chi connectivity index (χ1) is 11.7. The Bertz CT molecular complexity index is 686. The van der Waals surface area contributed by atoms with Gasteiger partial charge in [0.25, 0.3) is 0 Å². The second-order valence-electron chi connectivity index (χ2n) is 7.42. The molecule has 2 heterocycles. The number of nitrogens with zero attached hydrogens (tertiary/aromatic N) is 2. The molecule has 1 aromatic rings. The number of amides is 2. The Balaban J connectivity index is 1.60. The van der Waals surface area contributed by atoms with Crippen LogP contribution in [0, 0.1) is 0 Å². The molecule has 136 valence electrons. The van der Waals surface area contributed by atoms with Crippen molar-refractivity contribution >= 4 is 23.8 Å².